The first kappa shape index (κ1) is 32.7. The molecule has 0 saturated heterocycles. The summed E-state index contributed by atoms with van der Waals surface area (Å²) in [5.41, 5.74) is 16.2. The summed E-state index contributed by atoms with van der Waals surface area (Å²) in [6, 6.07) is 79.8. The summed E-state index contributed by atoms with van der Waals surface area (Å²) in [7, 11) is 0. The molecule has 2 nitrogen and oxygen atoms in total. The highest BCUT2D eigenvalue weighted by molar-refractivity contribution is 6.29. The van der Waals surface area contributed by atoms with E-state index in [9.17, 15) is 0 Å². The van der Waals surface area contributed by atoms with Crippen LogP contribution in [-0.4, -0.2) is 9.55 Å². The van der Waals surface area contributed by atoms with Gasteiger partial charge in [-0.2, -0.15) is 0 Å². The van der Waals surface area contributed by atoms with Gasteiger partial charge >= 0.3 is 0 Å². The maximum absolute atomic E-state index is 5.44. The fourth-order valence-corrected chi connectivity index (χ4v) is 10.0. The van der Waals surface area contributed by atoms with E-state index in [4.69, 9.17) is 4.98 Å². The van der Waals surface area contributed by atoms with Crippen molar-refractivity contribution in [3.8, 4) is 39.2 Å². The third-order valence-electron chi connectivity index (χ3n) is 12.4. The lowest BCUT2D eigenvalue weighted by Crippen LogP contribution is -2.28. The molecule has 2 heterocycles. The fourth-order valence-electron chi connectivity index (χ4n) is 10.0. The topological polar surface area (TPSA) is 17.8 Å². The summed E-state index contributed by atoms with van der Waals surface area (Å²) in [5, 5.41) is 6.04. The van der Waals surface area contributed by atoms with E-state index in [1.807, 2.05) is 0 Å². The van der Waals surface area contributed by atoms with Crippen molar-refractivity contribution in [2.75, 3.05) is 0 Å². The fraction of sp³-hybridized carbons (Fsp3) is 0.0179. The molecule has 9 aromatic carbocycles. The highest BCUT2D eigenvalue weighted by atomic mass is 15.0. The van der Waals surface area contributed by atoms with Gasteiger partial charge in [-0.3, -0.25) is 0 Å². The largest absolute Gasteiger partial charge is 0.309 e. The standard InChI is InChI=1S/C56H36N2/c1-4-19-40(20-5-1)56(41-21-6-2-7-22-41)48-28-13-10-25-43(48)44-32-31-38(36-49(44)56)37-17-16-18-39(35-37)55-47-33-34-52-54(53(47)45-26-11-14-29-50(45)57-55)46-27-12-15-30-51(46)58(52)42-23-8-3-9-24-42/h1-36H. The molecule has 0 radical (unpaired) electrons. The number of hydrogen-bond donors (Lipinski definition) is 0. The van der Waals surface area contributed by atoms with E-state index < -0.39 is 5.41 Å². The lowest BCUT2D eigenvalue weighted by molar-refractivity contribution is 0.769. The summed E-state index contributed by atoms with van der Waals surface area (Å²) in [6.45, 7) is 0. The number of para-hydroxylation sites is 3. The minimum Gasteiger partial charge on any atom is -0.309 e. The Labute approximate surface area is 336 Å². The zero-order valence-corrected chi connectivity index (χ0v) is 31.7. The van der Waals surface area contributed by atoms with Gasteiger partial charge in [-0.15, -0.1) is 0 Å². The Morgan fingerprint density at radius 3 is 1.78 bits per heavy atom. The summed E-state index contributed by atoms with van der Waals surface area (Å²) in [4.78, 5) is 5.44. The molecule has 2 heteroatoms. The number of fused-ring (bicyclic) bond motifs is 10. The van der Waals surface area contributed by atoms with Gasteiger partial charge in [0.15, 0.2) is 0 Å². The quantitative estimate of drug-likeness (QED) is 0.161. The maximum Gasteiger partial charge on any atom is 0.0788 e. The van der Waals surface area contributed by atoms with E-state index in [-0.39, 0.29) is 0 Å². The molecule has 58 heavy (non-hydrogen) atoms. The molecule has 0 spiro atoms. The van der Waals surface area contributed by atoms with Gasteiger partial charge in [-0.05, 0) is 87.0 Å². The smallest absolute Gasteiger partial charge is 0.0788 e. The van der Waals surface area contributed by atoms with Gasteiger partial charge in [0.05, 0.1) is 27.7 Å². The van der Waals surface area contributed by atoms with E-state index in [1.165, 1.54) is 66.1 Å². The third-order valence-corrected chi connectivity index (χ3v) is 12.4. The number of benzene rings is 9. The van der Waals surface area contributed by atoms with Crippen molar-refractivity contribution in [3.05, 3.63) is 241 Å². The molecule has 11 aromatic rings. The second kappa shape index (κ2) is 12.7. The predicted octanol–water partition coefficient (Wildman–Crippen LogP) is 14.2. The van der Waals surface area contributed by atoms with Crippen LogP contribution in [0.5, 0.6) is 0 Å². The van der Waals surface area contributed by atoms with Gasteiger partial charge in [-0.25, -0.2) is 4.98 Å². The van der Waals surface area contributed by atoms with Crippen molar-refractivity contribution in [1.82, 2.24) is 9.55 Å². The van der Waals surface area contributed by atoms with Crippen molar-refractivity contribution in [2.24, 2.45) is 0 Å². The molecular formula is C56H36N2. The predicted molar refractivity (Wildman–Crippen MR) is 242 cm³/mol. The van der Waals surface area contributed by atoms with Crippen LogP contribution >= 0.6 is 0 Å². The Morgan fingerprint density at radius 1 is 0.362 bits per heavy atom. The average Bonchev–Trinajstić information content (AvgIpc) is 3.80. The Hall–Kier alpha value is -7.55. The monoisotopic (exact) mass is 736 g/mol. The molecule has 0 fully saturated rings. The zero-order valence-electron chi connectivity index (χ0n) is 31.7. The summed E-state index contributed by atoms with van der Waals surface area (Å²) in [5.74, 6) is 0. The highest BCUT2D eigenvalue weighted by Crippen LogP contribution is 2.56. The molecule has 0 unspecified atom stereocenters. The van der Waals surface area contributed by atoms with E-state index in [2.05, 4.69) is 223 Å². The molecule has 0 atom stereocenters. The number of nitrogens with zero attached hydrogens (tertiary/aromatic N) is 2. The van der Waals surface area contributed by atoms with Crippen molar-refractivity contribution in [3.63, 3.8) is 0 Å². The van der Waals surface area contributed by atoms with Gasteiger partial charge in [0.1, 0.15) is 0 Å². The van der Waals surface area contributed by atoms with Crippen LogP contribution in [-0.2, 0) is 5.41 Å². The molecule has 0 amide bonds. The first-order valence-electron chi connectivity index (χ1n) is 20.1. The SMILES string of the molecule is c1ccc(-n2c3ccccc3c3c4c(ccc32)c(-c2cccc(-c3ccc5c(c3)C(c3ccccc3)(c3ccccc3)c3ccccc3-5)c2)nc2ccccc24)cc1. The van der Waals surface area contributed by atoms with Crippen LogP contribution in [0.3, 0.4) is 0 Å². The van der Waals surface area contributed by atoms with Crippen LogP contribution in [0.4, 0.5) is 0 Å². The average molecular weight is 737 g/mol. The molecule has 2 aromatic heterocycles. The molecule has 270 valence electrons. The summed E-state index contributed by atoms with van der Waals surface area (Å²) in [6.07, 6.45) is 0. The number of hydrogen-bond acceptors (Lipinski definition) is 1. The Kier molecular flexibility index (Phi) is 7.18. The highest BCUT2D eigenvalue weighted by Gasteiger charge is 2.46. The van der Waals surface area contributed by atoms with Crippen LogP contribution in [0.1, 0.15) is 22.3 Å². The van der Waals surface area contributed by atoms with Crippen molar-refractivity contribution >= 4 is 43.5 Å². The molecule has 0 saturated carbocycles. The van der Waals surface area contributed by atoms with Crippen LogP contribution in [0, 0.1) is 0 Å². The number of pyridine rings is 1. The maximum atomic E-state index is 5.44. The second-order valence-corrected chi connectivity index (χ2v) is 15.4. The molecule has 0 aliphatic heterocycles. The Morgan fingerprint density at radius 2 is 0.983 bits per heavy atom. The van der Waals surface area contributed by atoms with Crippen molar-refractivity contribution in [2.45, 2.75) is 5.41 Å². The van der Waals surface area contributed by atoms with Gasteiger partial charge in [0, 0.05) is 38.2 Å². The molecule has 0 bridgehead atoms. The van der Waals surface area contributed by atoms with E-state index in [1.54, 1.807) is 0 Å². The lowest BCUT2D eigenvalue weighted by Gasteiger charge is -2.34. The van der Waals surface area contributed by atoms with Crippen molar-refractivity contribution in [1.29, 1.82) is 0 Å². The summed E-state index contributed by atoms with van der Waals surface area (Å²) < 4.78 is 2.40. The number of aromatic nitrogens is 2. The number of rotatable bonds is 5. The minimum atomic E-state index is -0.456. The summed E-state index contributed by atoms with van der Waals surface area (Å²) >= 11 is 0. The Balaban J connectivity index is 1.09. The first-order chi connectivity index (χ1) is 28.8. The Bertz CT molecular complexity index is 3340. The van der Waals surface area contributed by atoms with Crippen LogP contribution in [0.2, 0.25) is 0 Å². The molecule has 1 aliphatic carbocycles. The van der Waals surface area contributed by atoms with Gasteiger partial charge in [0.25, 0.3) is 0 Å². The van der Waals surface area contributed by atoms with Gasteiger partial charge in [0.2, 0.25) is 0 Å². The van der Waals surface area contributed by atoms with Crippen LogP contribution in [0.15, 0.2) is 218 Å². The van der Waals surface area contributed by atoms with E-state index in [0.717, 1.165) is 38.8 Å². The van der Waals surface area contributed by atoms with Gasteiger partial charge < -0.3 is 4.57 Å². The van der Waals surface area contributed by atoms with E-state index >= 15 is 0 Å². The lowest BCUT2D eigenvalue weighted by atomic mass is 9.67. The third kappa shape index (κ3) is 4.63. The van der Waals surface area contributed by atoms with Crippen molar-refractivity contribution < 1.29 is 0 Å². The van der Waals surface area contributed by atoms with Crippen LogP contribution in [0.25, 0.3) is 82.7 Å². The van der Waals surface area contributed by atoms with E-state index in [0.29, 0.717) is 0 Å². The molecule has 1 aliphatic rings. The molecule has 12 rings (SSSR count). The van der Waals surface area contributed by atoms with Gasteiger partial charge in [-0.1, -0.05) is 176 Å². The molecular weight excluding hydrogens is 701 g/mol. The van der Waals surface area contributed by atoms with Crippen LogP contribution < -0.4 is 0 Å². The zero-order chi connectivity index (χ0) is 38.2. The normalized spacial score (nSPS) is 13.0. The first-order valence-corrected chi connectivity index (χ1v) is 20.1. The second-order valence-electron chi connectivity index (χ2n) is 15.4. The molecule has 0 N–H and O–H groups in total. The minimum absolute atomic E-state index is 0.456.